The first-order valence-corrected chi connectivity index (χ1v) is 7.64. The van der Waals surface area contributed by atoms with E-state index in [0.29, 0.717) is 25.7 Å². The average molecular weight is 301 g/mol. The van der Waals surface area contributed by atoms with Crippen molar-refractivity contribution in [3.05, 3.63) is 35.9 Å². The first-order valence-electron chi connectivity index (χ1n) is 6.46. The third-order valence-corrected chi connectivity index (χ3v) is 3.38. The lowest BCUT2D eigenvalue weighted by Crippen LogP contribution is -2.18. The third-order valence-electron chi connectivity index (χ3n) is 1.96. The smallest absolute Gasteiger partial charge is 0.293 e. The lowest BCUT2D eigenvalue weighted by molar-refractivity contribution is -0.128. The van der Waals surface area contributed by atoms with Crippen LogP contribution < -0.4 is 5.09 Å². The number of hydrogen-bond donors (Lipinski definition) is 1. The summed E-state index contributed by atoms with van der Waals surface area (Å²) in [7, 11) is 0.687. The Morgan fingerprint density at radius 2 is 1.95 bits per heavy atom. The number of nitrogens with one attached hydrogen (secondary N) is 1. The Morgan fingerprint density at radius 3 is 2.35 bits per heavy atom. The molecule has 1 aromatic carbocycles. The van der Waals surface area contributed by atoms with Crippen molar-refractivity contribution in [3.63, 3.8) is 0 Å². The van der Waals surface area contributed by atoms with E-state index in [1.165, 1.54) is 0 Å². The van der Waals surface area contributed by atoms with Crippen LogP contribution in [0.1, 0.15) is 26.3 Å². The molecule has 0 heterocycles. The molecule has 1 aromatic rings. The molecule has 0 saturated carbocycles. The molecule has 0 aliphatic heterocycles. The zero-order valence-electron chi connectivity index (χ0n) is 12.5. The number of rotatable bonds is 8. The van der Waals surface area contributed by atoms with E-state index in [4.69, 9.17) is 9.05 Å². The molecule has 0 aliphatic carbocycles. The van der Waals surface area contributed by atoms with Gasteiger partial charge in [0.2, 0.25) is 0 Å². The van der Waals surface area contributed by atoms with E-state index >= 15 is 0 Å². The molecule has 1 rings (SSSR count). The van der Waals surface area contributed by atoms with Crippen molar-refractivity contribution in [2.75, 3.05) is 13.7 Å². The predicted molar refractivity (Wildman–Crippen MR) is 81.1 cm³/mol. The summed E-state index contributed by atoms with van der Waals surface area (Å²) in [6, 6.07) is 10.5. The van der Waals surface area contributed by atoms with E-state index in [0.717, 1.165) is 5.56 Å². The van der Waals surface area contributed by atoms with E-state index in [-0.39, 0.29) is 0 Å². The lowest BCUT2D eigenvalue weighted by atomic mass is 10.2. The van der Waals surface area contributed by atoms with Crippen LogP contribution in [0.25, 0.3) is 0 Å². The molecule has 5 nitrogen and oxygen atoms in total. The second kappa shape index (κ2) is 13.0. The molecule has 114 valence electrons. The summed E-state index contributed by atoms with van der Waals surface area (Å²) in [5, 5.41) is 3.22. The normalized spacial score (nSPS) is 11.4. The summed E-state index contributed by atoms with van der Waals surface area (Å²) in [5.74, 6) is 0. The highest BCUT2D eigenvalue weighted by Crippen LogP contribution is 2.33. The van der Waals surface area contributed by atoms with Gasteiger partial charge in [-0.1, -0.05) is 30.3 Å². The van der Waals surface area contributed by atoms with Crippen molar-refractivity contribution in [2.45, 2.75) is 33.4 Å². The fraction of sp³-hybridized carbons (Fsp3) is 0.500. The zero-order chi connectivity index (χ0) is 15.2. The van der Waals surface area contributed by atoms with Gasteiger partial charge in [-0.15, -0.1) is 0 Å². The predicted octanol–water partition coefficient (Wildman–Crippen LogP) is 3.25. The van der Waals surface area contributed by atoms with E-state index in [9.17, 15) is 4.79 Å². The number of ether oxygens (including phenoxy) is 1. The van der Waals surface area contributed by atoms with Crippen LogP contribution in [0, 0.1) is 0 Å². The van der Waals surface area contributed by atoms with Gasteiger partial charge in [0.05, 0.1) is 13.2 Å². The SMILES string of the molecule is CCOC=O.COP(NC(C)C)OCc1ccccc1. The Morgan fingerprint density at radius 1 is 1.30 bits per heavy atom. The number of hydrogen-bond acceptors (Lipinski definition) is 5. The van der Waals surface area contributed by atoms with E-state index in [1.54, 1.807) is 14.0 Å². The molecule has 1 N–H and O–H groups in total. The van der Waals surface area contributed by atoms with Crippen molar-refractivity contribution >= 4 is 15.0 Å². The van der Waals surface area contributed by atoms with E-state index < -0.39 is 8.53 Å². The van der Waals surface area contributed by atoms with Crippen LogP contribution >= 0.6 is 8.53 Å². The quantitative estimate of drug-likeness (QED) is 0.590. The first kappa shape index (κ1) is 19.0. The van der Waals surface area contributed by atoms with E-state index in [2.05, 4.69) is 23.7 Å². The largest absolute Gasteiger partial charge is 0.468 e. The van der Waals surface area contributed by atoms with Gasteiger partial charge in [0.1, 0.15) is 0 Å². The topological polar surface area (TPSA) is 56.8 Å². The standard InChI is InChI=1S/C11H18NO2P.C3H6O2/c1-10(2)12-15(13-3)14-9-11-7-5-4-6-8-11;1-2-5-3-4/h4-8,10,12H,9H2,1-3H3;3H,2H2,1H3. The Balaban J connectivity index is 0.000000621. The summed E-state index contributed by atoms with van der Waals surface area (Å²) in [6.07, 6.45) is 0. The van der Waals surface area contributed by atoms with Gasteiger partial charge in [0.25, 0.3) is 15.0 Å². The third kappa shape index (κ3) is 10.9. The molecule has 0 aliphatic rings. The first-order chi connectivity index (χ1) is 9.63. The van der Waals surface area contributed by atoms with Crippen molar-refractivity contribution in [3.8, 4) is 0 Å². The Kier molecular flexibility index (Phi) is 12.4. The number of carbonyl (C=O) groups is 1. The number of benzene rings is 1. The average Bonchev–Trinajstić information content (AvgIpc) is 2.45. The van der Waals surface area contributed by atoms with E-state index in [1.807, 2.05) is 30.3 Å². The van der Waals surface area contributed by atoms with Gasteiger partial charge in [-0.25, -0.2) is 5.09 Å². The summed E-state index contributed by atoms with van der Waals surface area (Å²) >= 11 is 0. The highest BCUT2D eigenvalue weighted by atomic mass is 31.2. The van der Waals surface area contributed by atoms with Gasteiger partial charge in [-0.2, -0.15) is 0 Å². The number of carbonyl (C=O) groups excluding carboxylic acids is 1. The van der Waals surface area contributed by atoms with Crippen LogP contribution in [0.3, 0.4) is 0 Å². The monoisotopic (exact) mass is 301 g/mol. The molecule has 0 spiro atoms. The second-order valence-electron chi connectivity index (χ2n) is 4.03. The zero-order valence-corrected chi connectivity index (χ0v) is 13.4. The van der Waals surface area contributed by atoms with Gasteiger partial charge >= 0.3 is 0 Å². The summed E-state index contributed by atoms with van der Waals surface area (Å²) in [5.41, 5.74) is 1.16. The minimum atomic E-state index is -0.972. The van der Waals surface area contributed by atoms with Gasteiger partial charge in [-0.3, -0.25) is 4.79 Å². The summed E-state index contributed by atoms with van der Waals surface area (Å²) in [4.78, 5) is 9.18. The molecule has 0 fully saturated rings. The second-order valence-corrected chi connectivity index (χ2v) is 5.43. The molecule has 0 aromatic heterocycles. The van der Waals surface area contributed by atoms with Crippen LogP contribution in [0.2, 0.25) is 0 Å². The Labute approximate surface area is 122 Å². The summed E-state index contributed by atoms with van der Waals surface area (Å²) in [6.45, 7) is 7.39. The molecule has 20 heavy (non-hydrogen) atoms. The highest BCUT2D eigenvalue weighted by molar-refractivity contribution is 7.44. The van der Waals surface area contributed by atoms with Crippen LogP contribution in [0.15, 0.2) is 30.3 Å². The van der Waals surface area contributed by atoms with Crippen molar-refractivity contribution in [1.82, 2.24) is 5.09 Å². The van der Waals surface area contributed by atoms with Crippen LogP contribution in [-0.2, 0) is 25.2 Å². The van der Waals surface area contributed by atoms with Crippen molar-refractivity contribution in [2.24, 2.45) is 0 Å². The van der Waals surface area contributed by atoms with Crippen LogP contribution in [0.5, 0.6) is 0 Å². The van der Waals surface area contributed by atoms with Gasteiger partial charge in [0.15, 0.2) is 0 Å². The minimum absolute atomic E-state index is 0.367. The molecular weight excluding hydrogens is 277 g/mol. The highest BCUT2D eigenvalue weighted by Gasteiger charge is 2.09. The Bertz CT molecular complexity index is 335. The molecular formula is C14H24NO4P. The molecule has 0 amide bonds. The molecule has 0 saturated heterocycles. The minimum Gasteiger partial charge on any atom is -0.468 e. The van der Waals surface area contributed by atoms with Gasteiger partial charge < -0.3 is 13.8 Å². The Hall–Kier alpha value is -1.00. The maximum Gasteiger partial charge on any atom is 0.293 e. The van der Waals surface area contributed by atoms with Crippen LogP contribution in [-0.4, -0.2) is 26.2 Å². The molecule has 1 atom stereocenters. The molecule has 6 heteroatoms. The fourth-order valence-corrected chi connectivity index (χ4v) is 2.10. The van der Waals surface area contributed by atoms with Gasteiger partial charge in [0, 0.05) is 13.2 Å². The fourth-order valence-electron chi connectivity index (χ4n) is 1.13. The lowest BCUT2D eigenvalue weighted by Gasteiger charge is -2.18. The van der Waals surface area contributed by atoms with Crippen molar-refractivity contribution in [1.29, 1.82) is 0 Å². The molecule has 0 radical (unpaired) electrons. The van der Waals surface area contributed by atoms with Gasteiger partial charge in [-0.05, 0) is 26.3 Å². The van der Waals surface area contributed by atoms with Crippen molar-refractivity contribution < 1.29 is 18.6 Å². The van der Waals surface area contributed by atoms with Crippen LogP contribution in [0.4, 0.5) is 0 Å². The maximum absolute atomic E-state index is 9.18. The molecule has 0 bridgehead atoms. The maximum atomic E-state index is 9.18. The summed E-state index contributed by atoms with van der Waals surface area (Å²) < 4.78 is 15.0. The molecule has 1 unspecified atom stereocenters.